The Morgan fingerprint density at radius 1 is 1.29 bits per heavy atom. The molecule has 6 nitrogen and oxygen atoms in total. The number of aromatic nitrogens is 3. The Balaban J connectivity index is 1.46. The predicted molar refractivity (Wildman–Crippen MR) is 101 cm³/mol. The van der Waals surface area contributed by atoms with Gasteiger partial charge in [0.05, 0.1) is 11.9 Å². The second kappa shape index (κ2) is 7.58. The summed E-state index contributed by atoms with van der Waals surface area (Å²) in [5.41, 5.74) is 2.83. The largest absolute Gasteiger partial charge is 0.443 e. The minimum absolute atomic E-state index is 0.0204. The van der Waals surface area contributed by atoms with E-state index >= 15 is 0 Å². The van der Waals surface area contributed by atoms with Gasteiger partial charge >= 0.3 is 0 Å². The Hall–Kier alpha value is -2.96. The molecule has 4 rings (SSSR count). The molecule has 1 unspecified atom stereocenters. The molecule has 1 atom stereocenters. The highest BCUT2D eigenvalue weighted by Gasteiger charge is 2.33. The summed E-state index contributed by atoms with van der Waals surface area (Å²) in [5.74, 6) is 1.03. The van der Waals surface area contributed by atoms with Crippen LogP contribution in [0.15, 0.2) is 40.9 Å². The molecule has 1 amide bonds. The number of amides is 1. The molecule has 1 aliphatic rings. The number of hydrogen-bond donors (Lipinski definition) is 0. The lowest BCUT2D eigenvalue weighted by Crippen LogP contribution is -2.34. The second-order valence-electron chi connectivity index (χ2n) is 7.30. The van der Waals surface area contributed by atoms with Gasteiger partial charge in [-0.1, -0.05) is 12.1 Å². The molecule has 1 aromatic carbocycles. The molecule has 1 fully saturated rings. The van der Waals surface area contributed by atoms with Crippen molar-refractivity contribution in [3.8, 4) is 0 Å². The molecule has 0 aliphatic carbocycles. The number of nitrogens with zero attached hydrogens (tertiary/aromatic N) is 4. The van der Waals surface area contributed by atoms with Crippen LogP contribution in [0.2, 0.25) is 0 Å². The van der Waals surface area contributed by atoms with E-state index in [0.29, 0.717) is 24.6 Å². The van der Waals surface area contributed by atoms with Gasteiger partial charge in [-0.2, -0.15) is 5.10 Å². The SMILES string of the molecule is Cc1cc(C)n(CC(=O)N2CCCC2c2ncc(Cc3ccc(F)cc3)o2)n1. The van der Waals surface area contributed by atoms with Crippen LogP contribution in [0.3, 0.4) is 0 Å². The van der Waals surface area contributed by atoms with Crippen molar-refractivity contribution in [2.75, 3.05) is 6.54 Å². The van der Waals surface area contributed by atoms with Gasteiger partial charge < -0.3 is 9.32 Å². The summed E-state index contributed by atoms with van der Waals surface area (Å²) in [6.45, 7) is 4.78. The highest BCUT2D eigenvalue weighted by atomic mass is 19.1. The van der Waals surface area contributed by atoms with Gasteiger partial charge in [0.25, 0.3) is 0 Å². The summed E-state index contributed by atoms with van der Waals surface area (Å²) >= 11 is 0. The Morgan fingerprint density at radius 3 is 2.79 bits per heavy atom. The zero-order chi connectivity index (χ0) is 19.7. The summed E-state index contributed by atoms with van der Waals surface area (Å²) < 4.78 is 20.7. The minimum Gasteiger partial charge on any atom is -0.443 e. The number of oxazole rings is 1. The number of aryl methyl sites for hydroxylation is 2. The molecule has 0 radical (unpaired) electrons. The van der Waals surface area contributed by atoms with Crippen molar-refractivity contribution in [3.63, 3.8) is 0 Å². The smallest absolute Gasteiger partial charge is 0.244 e. The number of likely N-dealkylation sites (tertiary alicyclic amines) is 1. The van der Waals surface area contributed by atoms with E-state index in [9.17, 15) is 9.18 Å². The molecule has 1 saturated heterocycles. The van der Waals surface area contributed by atoms with Gasteiger partial charge in [0.2, 0.25) is 11.8 Å². The highest BCUT2D eigenvalue weighted by molar-refractivity contribution is 5.76. The fourth-order valence-electron chi connectivity index (χ4n) is 3.74. The van der Waals surface area contributed by atoms with Gasteiger partial charge in [0.1, 0.15) is 24.2 Å². The lowest BCUT2D eigenvalue weighted by molar-refractivity contribution is -0.133. The van der Waals surface area contributed by atoms with Gasteiger partial charge in [0.15, 0.2) is 0 Å². The molecule has 3 heterocycles. The topological polar surface area (TPSA) is 64.2 Å². The van der Waals surface area contributed by atoms with E-state index in [1.54, 1.807) is 23.0 Å². The Labute approximate surface area is 163 Å². The Kier molecular flexibility index (Phi) is 4.98. The number of rotatable bonds is 5. The molecule has 0 saturated carbocycles. The third kappa shape index (κ3) is 3.83. The third-order valence-electron chi connectivity index (χ3n) is 5.11. The normalized spacial score (nSPS) is 16.7. The fourth-order valence-corrected chi connectivity index (χ4v) is 3.74. The standard InChI is InChI=1S/C21H23FN4O2/c1-14-10-15(2)26(24-14)13-20(27)25-9-3-4-19(25)21-23-12-18(28-21)11-16-5-7-17(22)8-6-16/h5-8,10,12,19H,3-4,9,11,13H2,1-2H3. The lowest BCUT2D eigenvalue weighted by atomic mass is 10.1. The monoisotopic (exact) mass is 382 g/mol. The molecular weight excluding hydrogens is 359 g/mol. The maximum Gasteiger partial charge on any atom is 0.244 e. The number of halogens is 1. The first-order valence-electron chi connectivity index (χ1n) is 9.49. The van der Waals surface area contributed by atoms with Crippen LogP contribution in [0, 0.1) is 19.7 Å². The zero-order valence-corrected chi connectivity index (χ0v) is 16.1. The Morgan fingerprint density at radius 2 is 2.07 bits per heavy atom. The first-order chi connectivity index (χ1) is 13.5. The van der Waals surface area contributed by atoms with E-state index in [2.05, 4.69) is 10.1 Å². The van der Waals surface area contributed by atoms with Crippen LogP contribution in [0.4, 0.5) is 4.39 Å². The first kappa shape index (κ1) is 18.4. The van der Waals surface area contributed by atoms with E-state index in [-0.39, 0.29) is 24.3 Å². The maximum absolute atomic E-state index is 13.1. The van der Waals surface area contributed by atoms with Crippen molar-refractivity contribution in [3.05, 3.63) is 70.9 Å². The highest BCUT2D eigenvalue weighted by Crippen LogP contribution is 2.32. The van der Waals surface area contributed by atoms with E-state index in [1.165, 1.54) is 12.1 Å². The van der Waals surface area contributed by atoms with Crippen LogP contribution < -0.4 is 0 Å². The first-order valence-corrected chi connectivity index (χ1v) is 9.49. The average Bonchev–Trinajstić information content (AvgIpc) is 3.37. The van der Waals surface area contributed by atoms with Crippen molar-refractivity contribution in [2.24, 2.45) is 0 Å². The molecule has 146 valence electrons. The van der Waals surface area contributed by atoms with Crippen LogP contribution in [0.25, 0.3) is 0 Å². The van der Waals surface area contributed by atoms with Gasteiger partial charge in [-0.05, 0) is 50.5 Å². The van der Waals surface area contributed by atoms with Crippen molar-refractivity contribution in [2.45, 2.75) is 45.7 Å². The summed E-state index contributed by atoms with van der Waals surface area (Å²) in [7, 11) is 0. The number of carbonyl (C=O) groups is 1. The van der Waals surface area contributed by atoms with Crippen molar-refractivity contribution in [1.29, 1.82) is 0 Å². The minimum atomic E-state index is -0.260. The van der Waals surface area contributed by atoms with Crippen molar-refractivity contribution in [1.82, 2.24) is 19.7 Å². The number of hydrogen-bond acceptors (Lipinski definition) is 4. The van der Waals surface area contributed by atoms with Gasteiger partial charge in [0, 0.05) is 18.7 Å². The number of carbonyl (C=O) groups excluding carboxylic acids is 1. The van der Waals surface area contributed by atoms with Crippen molar-refractivity contribution < 1.29 is 13.6 Å². The van der Waals surface area contributed by atoms with E-state index in [0.717, 1.165) is 29.8 Å². The second-order valence-corrected chi connectivity index (χ2v) is 7.30. The van der Waals surface area contributed by atoms with Crippen LogP contribution in [-0.4, -0.2) is 32.1 Å². The maximum atomic E-state index is 13.1. The zero-order valence-electron chi connectivity index (χ0n) is 16.1. The molecule has 2 aromatic heterocycles. The summed E-state index contributed by atoms with van der Waals surface area (Å²) in [5, 5.41) is 4.38. The van der Waals surface area contributed by atoms with Crippen molar-refractivity contribution >= 4 is 5.91 Å². The van der Waals surface area contributed by atoms with Gasteiger partial charge in [-0.15, -0.1) is 0 Å². The summed E-state index contributed by atoms with van der Waals surface area (Å²) in [6, 6.07) is 8.15. The van der Waals surface area contributed by atoms with Crippen LogP contribution >= 0.6 is 0 Å². The van der Waals surface area contributed by atoms with Gasteiger partial charge in [-0.25, -0.2) is 9.37 Å². The van der Waals surface area contributed by atoms with E-state index in [1.807, 2.05) is 24.8 Å². The fraction of sp³-hybridized carbons (Fsp3) is 0.381. The van der Waals surface area contributed by atoms with E-state index in [4.69, 9.17) is 4.42 Å². The Bertz CT molecular complexity index is 977. The van der Waals surface area contributed by atoms with Crippen LogP contribution in [-0.2, 0) is 17.8 Å². The number of benzene rings is 1. The molecule has 28 heavy (non-hydrogen) atoms. The predicted octanol–water partition coefficient (Wildman–Crippen LogP) is 3.58. The molecule has 0 N–H and O–H groups in total. The molecule has 1 aliphatic heterocycles. The average molecular weight is 382 g/mol. The quantitative estimate of drug-likeness (QED) is 0.677. The molecule has 7 heteroatoms. The third-order valence-corrected chi connectivity index (χ3v) is 5.11. The van der Waals surface area contributed by atoms with Crippen LogP contribution in [0.5, 0.6) is 0 Å². The molecule has 3 aromatic rings. The van der Waals surface area contributed by atoms with Gasteiger partial charge in [-0.3, -0.25) is 9.48 Å². The van der Waals surface area contributed by atoms with E-state index < -0.39 is 0 Å². The summed E-state index contributed by atoms with van der Waals surface area (Å²) in [6.07, 6.45) is 3.99. The summed E-state index contributed by atoms with van der Waals surface area (Å²) in [4.78, 5) is 19.1. The molecule has 0 spiro atoms. The lowest BCUT2D eigenvalue weighted by Gasteiger charge is -2.22. The molecule has 0 bridgehead atoms. The van der Waals surface area contributed by atoms with Crippen LogP contribution in [0.1, 0.15) is 47.5 Å². The molecular formula is C21H23FN4O2.